The van der Waals surface area contributed by atoms with Crippen LogP contribution in [0.4, 0.5) is 0 Å². The molecule has 0 saturated heterocycles. The molecule has 12 N–H and O–H groups in total. The highest BCUT2D eigenvalue weighted by Crippen LogP contribution is 2.03. The summed E-state index contributed by atoms with van der Waals surface area (Å²) in [6.45, 7) is 0.125. The molecule has 0 aliphatic heterocycles. The molecule has 0 aliphatic rings. The molecule has 0 bridgehead atoms. The lowest BCUT2D eigenvalue weighted by Crippen LogP contribution is -2.58. The first-order chi connectivity index (χ1) is 16.3. The van der Waals surface area contributed by atoms with Crippen LogP contribution in [-0.4, -0.2) is 93.4 Å². The van der Waals surface area contributed by atoms with Gasteiger partial charge in [0, 0.05) is 18.7 Å². The van der Waals surface area contributed by atoms with Gasteiger partial charge in [-0.05, 0) is 19.3 Å². The van der Waals surface area contributed by atoms with Gasteiger partial charge in [0.15, 0.2) is 5.96 Å². The first kappa shape index (κ1) is 31.4. The Hall–Kier alpha value is -3.60. The number of hydrogen-bond acceptors (Lipinski definition) is 9. The van der Waals surface area contributed by atoms with E-state index in [4.69, 9.17) is 27.4 Å². The Bertz CT molecular complexity index is 820. The van der Waals surface area contributed by atoms with Crippen molar-refractivity contribution in [1.29, 1.82) is 0 Å². The summed E-state index contributed by atoms with van der Waals surface area (Å²) in [4.78, 5) is 74.1. The van der Waals surface area contributed by atoms with Crippen LogP contribution in [0.2, 0.25) is 0 Å². The quantitative estimate of drug-likeness (QED) is 0.0381. The minimum absolute atomic E-state index is 0.0307. The number of hydrogen-bond donors (Lipinski definition) is 10. The molecule has 198 valence electrons. The molecule has 0 rings (SSSR count). The Morgan fingerprint density at radius 3 is 1.83 bits per heavy atom. The average Bonchev–Trinajstić information content (AvgIpc) is 2.76. The summed E-state index contributed by atoms with van der Waals surface area (Å²) in [5.41, 5.74) is 15.9. The zero-order chi connectivity index (χ0) is 27.1. The van der Waals surface area contributed by atoms with Gasteiger partial charge in [0.1, 0.15) is 18.1 Å². The van der Waals surface area contributed by atoms with Crippen molar-refractivity contribution in [3.8, 4) is 0 Å². The molecular weight excluding hydrogens is 490 g/mol. The highest BCUT2D eigenvalue weighted by atomic mass is 32.1. The SMILES string of the molecule is NC(N)=NCCCC(NC(=O)C(CS)NC(=O)C(CC(=O)O)NC(=O)C(N)CCC(=O)O)C(=O)O. The minimum Gasteiger partial charge on any atom is -0.481 e. The zero-order valence-electron chi connectivity index (χ0n) is 18.7. The first-order valence-electron chi connectivity index (χ1n) is 10.3. The number of rotatable bonds is 17. The van der Waals surface area contributed by atoms with Gasteiger partial charge in [0.2, 0.25) is 17.7 Å². The topological polar surface area (TPSA) is 290 Å². The fraction of sp³-hybridized carbons (Fsp3) is 0.611. The normalized spacial score (nSPS) is 13.9. The van der Waals surface area contributed by atoms with Crippen molar-refractivity contribution in [3.05, 3.63) is 0 Å². The third-order valence-electron chi connectivity index (χ3n) is 4.39. The number of carboxylic acids is 3. The van der Waals surface area contributed by atoms with Crippen molar-refractivity contribution < 1.29 is 44.1 Å². The van der Waals surface area contributed by atoms with Crippen LogP contribution in [0.1, 0.15) is 32.1 Å². The maximum atomic E-state index is 12.6. The highest BCUT2D eigenvalue weighted by Gasteiger charge is 2.31. The van der Waals surface area contributed by atoms with E-state index in [1.165, 1.54) is 0 Å². The number of aliphatic imine (C=N–C) groups is 1. The maximum Gasteiger partial charge on any atom is 0.326 e. The smallest absolute Gasteiger partial charge is 0.326 e. The molecule has 35 heavy (non-hydrogen) atoms. The summed E-state index contributed by atoms with van der Waals surface area (Å²) in [7, 11) is 0. The van der Waals surface area contributed by atoms with Crippen molar-refractivity contribution in [3.63, 3.8) is 0 Å². The van der Waals surface area contributed by atoms with Crippen molar-refractivity contribution in [2.24, 2.45) is 22.2 Å². The van der Waals surface area contributed by atoms with Crippen LogP contribution < -0.4 is 33.2 Å². The predicted molar refractivity (Wildman–Crippen MR) is 124 cm³/mol. The van der Waals surface area contributed by atoms with Gasteiger partial charge in [-0.3, -0.25) is 29.0 Å². The third kappa shape index (κ3) is 13.6. The van der Waals surface area contributed by atoms with E-state index in [0.717, 1.165) is 0 Å². The van der Waals surface area contributed by atoms with E-state index < -0.39 is 72.6 Å². The van der Waals surface area contributed by atoms with Crippen molar-refractivity contribution in [2.45, 2.75) is 56.3 Å². The van der Waals surface area contributed by atoms with Crippen molar-refractivity contribution in [1.82, 2.24) is 16.0 Å². The Labute approximate surface area is 205 Å². The number of carbonyl (C=O) groups excluding carboxylic acids is 3. The van der Waals surface area contributed by atoms with Gasteiger partial charge in [-0.2, -0.15) is 12.6 Å². The summed E-state index contributed by atoms with van der Waals surface area (Å²) >= 11 is 3.95. The molecule has 17 heteroatoms. The lowest BCUT2D eigenvalue weighted by Gasteiger charge is -2.23. The first-order valence-corrected chi connectivity index (χ1v) is 10.9. The summed E-state index contributed by atoms with van der Waals surface area (Å²) in [5, 5.41) is 33.6. The minimum atomic E-state index is -1.65. The van der Waals surface area contributed by atoms with Gasteiger partial charge < -0.3 is 48.5 Å². The van der Waals surface area contributed by atoms with Gasteiger partial charge in [0.25, 0.3) is 0 Å². The van der Waals surface area contributed by atoms with Gasteiger partial charge in [-0.15, -0.1) is 0 Å². The van der Waals surface area contributed by atoms with E-state index in [1.807, 2.05) is 0 Å². The second-order valence-electron chi connectivity index (χ2n) is 7.29. The van der Waals surface area contributed by atoms with Gasteiger partial charge in [-0.1, -0.05) is 0 Å². The molecular formula is C18H31N7O9S. The predicted octanol–water partition coefficient (Wildman–Crippen LogP) is -3.82. The summed E-state index contributed by atoms with van der Waals surface area (Å²) in [5.74, 6) is -7.42. The maximum absolute atomic E-state index is 12.6. The lowest BCUT2D eigenvalue weighted by molar-refractivity contribution is -0.143. The molecule has 0 spiro atoms. The van der Waals surface area contributed by atoms with E-state index in [-0.39, 0.29) is 37.5 Å². The second kappa shape index (κ2) is 16.1. The molecule has 0 aromatic carbocycles. The average molecular weight is 522 g/mol. The largest absolute Gasteiger partial charge is 0.481 e. The molecule has 0 saturated carbocycles. The van der Waals surface area contributed by atoms with E-state index in [9.17, 15) is 33.9 Å². The molecule has 16 nitrogen and oxygen atoms in total. The van der Waals surface area contributed by atoms with Crippen LogP contribution >= 0.6 is 12.6 Å². The van der Waals surface area contributed by atoms with E-state index in [2.05, 4.69) is 33.6 Å². The number of nitrogens with zero attached hydrogens (tertiary/aromatic N) is 1. The van der Waals surface area contributed by atoms with Gasteiger partial charge in [-0.25, -0.2) is 4.79 Å². The lowest BCUT2D eigenvalue weighted by atomic mass is 10.1. The molecule has 0 heterocycles. The van der Waals surface area contributed by atoms with Crippen LogP contribution in [0.3, 0.4) is 0 Å². The molecule has 0 aromatic rings. The fourth-order valence-electron chi connectivity index (χ4n) is 2.57. The van der Waals surface area contributed by atoms with E-state index in [0.29, 0.717) is 0 Å². The van der Waals surface area contributed by atoms with Crippen molar-refractivity contribution >= 4 is 54.2 Å². The Morgan fingerprint density at radius 2 is 1.34 bits per heavy atom. The van der Waals surface area contributed by atoms with Crippen LogP contribution in [0.15, 0.2) is 4.99 Å². The number of thiol groups is 1. The molecule has 4 atom stereocenters. The molecule has 3 amide bonds. The number of nitrogens with two attached hydrogens (primary N) is 3. The monoisotopic (exact) mass is 521 g/mol. The summed E-state index contributed by atoms with van der Waals surface area (Å²) in [6, 6.07) is -5.69. The zero-order valence-corrected chi connectivity index (χ0v) is 19.6. The molecule has 0 aromatic heterocycles. The Morgan fingerprint density at radius 1 is 0.800 bits per heavy atom. The molecule has 0 radical (unpaired) electrons. The number of amides is 3. The van der Waals surface area contributed by atoms with E-state index >= 15 is 0 Å². The summed E-state index contributed by atoms with van der Waals surface area (Å²) < 4.78 is 0. The number of nitrogens with one attached hydrogen (secondary N) is 3. The fourth-order valence-corrected chi connectivity index (χ4v) is 2.83. The van der Waals surface area contributed by atoms with Crippen molar-refractivity contribution in [2.75, 3.05) is 12.3 Å². The number of carboxylic acid groups (broad SMARTS) is 3. The standard InChI is InChI=1S/C18H31N7O9S/c19-8(3-4-12(26)27)14(30)24-10(6-13(28)29)15(31)25-11(7-35)16(32)23-9(17(33)34)2-1-5-22-18(20)21/h8-11,35H,1-7,19H2,(H,23,32)(H,24,30)(H,25,31)(H,26,27)(H,28,29)(H,33,34)(H4,20,21,22). The van der Waals surface area contributed by atoms with Crippen LogP contribution in [0.5, 0.6) is 0 Å². The number of guanidine groups is 1. The summed E-state index contributed by atoms with van der Waals surface area (Å²) in [6.07, 6.45) is -1.36. The molecule has 0 aliphatic carbocycles. The second-order valence-corrected chi connectivity index (χ2v) is 7.66. The highest BCUT2D eigenvalue weighted by molar-refractivity contribution is 7.80. The van der Waals surface area contributed by atoms with Crippen LogP contribution in [0.25, 0.3) is 0 Å². The van der Waals surface area contributed by atoms with Crippen LogP contribution in [0, 0.1) is 0 Å². The molecule has 0 fully saturated rings. The Kier molecular flexibility index (Phi) is 14.4. The molecule has 4 unspecified atom stereocenters. The van der Waals surface area contributed by atoms with E-state index in [1.54, 1.807) is 0 Å². The van der Waals surface area contributed by atoms with Crippen LogP contribution in [-0.2, 0) is 28.8 Å². The number of aliphatic carboxylic acids is 3. The number of carbonyl (C=O) groups is 6. The Balaban J connectivity index is 5.20. The van der Waals surface area contributed by atoms with Gasteiger partial charge >= 0.3 is 17.9 Å². The third-order valence-corrected chi connectivity index (χ3v) is 4.76. The van der Waals surface area contributed by atoms with Gasteiger partial charge in [0.05, 0.1) is 12.5 Å².